The Morgan fingerprint density at radius 3 is 2.25 bits per heavy atom. The van der Waals surface area contributed by atoms with Crippen LogP contribution in [0.2, 0.25) is 18.1 Å². The molecule has 1 N–H and O–H groups in total. The lowest BCUT2D eigenvalue weighted by molar-refractivity contribution is -0.222. The van der Waals surface area contributed by atoms with E-state index in [0.29, 0.717) is 18.6 Å². The van der Waals surface area contributed by atoms with Crippen LogP contribution in [0, 0.1) is 16.7 Å². The standard InChI is InChI=1S/C26H44O5Si/c1-22(2,3)32(9,10)30-19-20-23(4,5)13-11-14-24(20,6)17-12-15-25(7,18(28)16-27)31-26(17,8)21(19)29/h17,27H,11-16H2,1-10H3/t17-,24-,25-,26+/m1/s1. The highest BCUT2D eigenvalue weighted by atomic mass is 28.4. The molecule has 0 spiro atoms. The van der Waals surface area contributed by atoms with Gasteiger partial charge in [-0.2, -0.15) is 0 Å². The molecule has 0 aromatic heterocycles. The van der Waals surface area contributed by atoms with E-state index in [4.69, 9.17) is 9.16 Å². The maximum Gasteiger partial charge on any atom is 0.250 e. The van der Waals surface area contributed by atoms with Crippen LogP contribution in [0.4, 0.5) is 0 Å². The zero-order valence-corrected chi connectivity index (χ0v) is 22.9. The fourth-order valence-corrected chi connectivity index (χ4v) is 7.47. The number of hydrogen-bond donors (Lipinski definition) is 1. The van der Waals surface area contributed by atoms with E-state index in [2.05, 4.69) is 54.6 Å². The molecule has 0 aromatic rings. The number of ketones is 2. The van der Waals surface area contributed by atoms with Crippen LogP contribution in [0.5, 0.6) is 0 Å². The monoisotopic (exact) mass is 464 g/mol. The predicted molar refractivity (Wildman–Crippen MR) is 129 cm³/mol. The molecular formula is C26H44O5Si. The first kappa shape index (κ1) is 25.6. The second kappa shape index (κ2) is 7.51. The highest BCUT2D eigenvalue weighted by Crippen LogP contribution is 2.64. The van der Waals surface area contributed by atoms with Gasteiger partial charge in [-0.15, -0.1) is 0 Å². The Labute approximate surface area is 195 Å². The molecule has 0 bridgehead atoms. The summed E-state index contributed by atoms with van der Waals surface area (Å²) in [6.07, 6.45) is 4.34. The molecule has 2 aliphatic carbocycles. The van der Waals surface area contributed by atoms with Crippen LogP contribution >= 0.6 is 0 Å². The van der Waals surface area contributed by atoms with Crippen LogP contribution in [-0.4, -0.2) is 42.8 Å². The summed E-state index contributed by atoms with van der Waals surface area (Å²) in [4.78, 5) is 26.9. The highest BCUT2D eigenvalue weighted by molar-refractivity contribution is 6.74. The summed E-state index contributed by atoms with van der Waals surface area (Å²) in [5.74, 6) is -0.00108. The van der Waals surface area contributed by atoms with Gasteiger partial charge in [-0.05, 0) is 74.1 Å². The van der Waals surface area contributed by atoms with Gasteiger partial charge in [0, 0.05) is 5.92 Å². The summed E-state index contributed by atoms with van der Waals surface area (Å²) < 4.78 is 13.3. The number of aliphatic hydroxyl groups excluding tert-OH is 1. The zero-order valence-electron chi connectivity index (χ0n) is 21.9. The van der Waals surface area contributed by atoms with E-state index in [1.807, 2.05) is 6.92 Å². The molecule has 32 heavy (non-hydrogen) atoms. The highest BCUT2D eigenvalue weighted by Gasteiger charge is 2.66. The average molecular weight is 465 g/mol. The van der Waals surface area contributed by atoms with E-state index in [9.17, 15) is 14.7 Å². The first-order chi connectivity index (χ1) is 14.4. The molecular weight excluding hydrogens is 420 g/mol. The predicted octanol–water partition coefficient (Wildman–Crippen LogP) is 5.57. The fraction of sp³-hybridized carbons (Fsp3) is 0.846. The van der Waals surface area contributed by atoms with Crippen LogP contribution < -0.4 is 0 Å². The number of carbonyl (C=O) groups excluding carboxylic acids is 2. The molecule has 1 saturated carbocycles. The molecule has 182 valence electrons. The van der Waals surface area contributed by atoms with E-state index in [0.717, 1.165) is 24.8 Å². The minimum Gasteiger partial charge on any atom is -0.541 e. The number of ether oxygens (including phenoxy) is 1. The molecule has 0 radical (unpaired) electrons. The van der Waals surface area contributed by atoms with E-state index < -0.39 is 26.1 Å². The van der Waals surface area contributed by atoms with E-state index in [1.165, 1.54) is 0 Å². The minimum absolute atomic E-state index is 0.0246. The lowest BCUT2D eigenvalue weighted by Crippen LogP contribution is -2.66. The second-order valence-corrected chi connectivity index (χ2v) is 17.9. The van der Waals surface area contributed by atoms with Gasteiger partial charge in [0.05, 0.1) is 0 Å². The quantitative estimate of drug-likeness (QED) is 0.551. The van der Waals surface area contributed by atoms with E-state index in [-0.39, 0.29) is 33.4 Å². The Bertz CT molecular complexity index is 851. The Balaban J connectivity index is 2.24. The summed E-state index contributed by atoms with van der Waals surface area (Å²) in [6, 6.07) is 0. The van der Waals surface area contributed by atoms with Gasteiger partial charge in [0.25, 0.3) is 8.32 Å². The molecule has 1 heterocycles. The largest absolute Gasteiger partial charge is 0.541 e. The third kappa shape index (κ3) is 3.65. The number of Topliss-reactive ketones (excluding diaryl/α,β-unsaturated/α-hetero) is 2. The molecule has 0 aromatic carbocycles. The molecule has 2 fully saturated rings. The van der Waals surface area contributed by atoms with Gasteiger partial charge in [0.15, 0.2) is 11.5 Å². The topological polar surface area (TPSA) is 72.8 Å². The summed E-state index contributed by atoms with van der Waals surface area (Å²) in [6.45, 7) is 20.7. The minimum atomic E-state index is -2.30. The van der Waals surface area contributed by atoms with Crippen molar-refractivity contribution in [2.24, 2.45) is 16.7 Å². The number of aliphatic hydroxyl groups is 1. The third-order valence-electron chi connectivity index (χ3n) is 9.31. The van der Waals surface area contributed by atoms with Gasteiger partial charge in [-0.25, -0.2) is 0 Å². The third-order valence-corrected chi connectivity index (χ3v) is 13.6. The first-order valence-electron chi connectivity index (χ1n) is 12.2. The van der Waals surface area contributed by atoms with E-state index in [1.54, 1.807) is 6.92 Å². The molecule has 3 rings (SSSR count). The maximum absolute atomic E-state index is 14.3. The van der Waals surface area contributed by atoms with Gasteiger partial charge < -0.3 is 14.3 Å². The lowest BCUT2D eigenvalue weighted by atomic mass is 9.48. The van der Waals surface area contributed by atoms with E-state index >= 15 is 0 Å². The molecule has 4 atom stereocenters. The van der Waals surface area contributed by atoms with Crippen molar-refractivity contribution in [3.63, 3.8) is 0 Å². The smallest absolute Gasteiger partial charge is 0.250 e. The summed E-state index contributed by atoms with van der Waals surface area (Å²) in [5.41, 5.74) is -1.51. The summed E-state index contributed by atoms with van der Waals surface area (Å²) >= 11 is 0. The number of fused-ring (bicyclic) bond motifs is 3. The molecule has 6 heteroatoms. The Morgan fingerprint density at radius 1 is 1.12 bits per heavy atom. The van der Waals surface area contributed by atoms with Crippen molar-refractivity contribution in [1.29, 1.82) is 0 Å². The Kier molecular flexibility index (Phi) is 6.02. The maximum atomic E-state index is 14.3. The van der Waals surface area contributed by atoms with Gasteiger partial charge in [0.2, 0.25) is 5.78 Å². The molecule has 1 saturated heterocycles. The van der Waals surface area contributed by atoms with Gasteiger partial charge in [-0.3, -0.25) is 9.59 Å². The summed E-state index contributed by atoms with van der Waals surface area (Å²) in [5, 5.41) is 9.50. The lowest BCUT2D eigenvalue weighted by Gasteiger charge is -2.61. The van der Waals surface area contributed by atoms with Gasteiger partial charge >= 0.3 is 0 Å². The van der Waals surface area contributed by atoms with Crippen molar-refractivity contribution in [1.82, 2.24) is 0 Å². The first-order valence-corrected chi connectivity index (χ1v) is 15.1. The zero-order chi connectivity index (χ0) is 24.5. The molecule has 0 amide bonds. The molecule has 3 aliphatic rings. The Morgan fingerprint density at radius 2 is 1.72 bits per heavy atom. The molecule has 1 aliphatic heterocycles. The van der Waals surface area contributed by atoms with Crippen molar-refractivity contribution in [2.75, 3.05) is 6.61 Å². The summed E-state index contributed by atoms with van der Waals surface area (Å²) in [7, 11) is -2.30. The van der Waals surface area contributed by atoms with Crippen molar-refractivity contribution in [3.8, 4) is 0 Å². The van der Waals surface area contributed by atoms with Crippen LogP contribution in [0.25, 0.3) is 0 Å². The normalized spacial score (nSPS) is 37.6. The molecule has 0 unspecified atom stereocenters. The number of allylic oxidation sites excluding steroid dienone is 1. The molecule has 5 nitrogen and oxygen atoms in total. The van der Waals surface area contributed by atoms with Crippen LogP contribution in [-0.2, 0) is 18.8 Å². The Hall–Kier alpha value is -0.983. The second-order valence-electron chi connectivity index (χ2n) is 13.2. The van der Waals surface area contributed by atoms with Crippen LogP contribution in [0.15, 0.2) is 11.3 Å². The number of carbonyl (C=O) groups is 2. The SMILES string of the molecule is CC1(C)CCC[C@@]2(C)C1=C(O[Si](C)(C)C(C)(C)C)C(=O)[C@@]1(C)O[C@@](C)(C(=O)CO)CC[C@H]21. The average Bonchev–Trinajstić information content (AvgIpc) is 2.63. The van der Waals surface area contributed by atoms with Crippen molar-refractivity contribution in [3.05, 3.63) is 11.3 Å². The number of rotatable bonds is 4. The van der Waals surface area contributed by atoms with Crippen LogP contribution in [0.1, 0.15) is 87.5 Å². The van der Waals surface area contributed by atoms with Crippen LogP contribution in [0.3, 0.4) is 0 Å². The van der Waals surface area contributed by atoms with Crippen molar-refractivity contribution in [2.45, 2.75) is 117 Å². The fourth-order valence-electron chi connectivity index (χ4n) is 6.46. The van der Waals surface area contributed by atoms with Gasteiger partial charge in [0.1, 0.15) is 17.8 Å². The number of hydrogen-bond acceptors (Lipinski definition) is 5. The van der Waals surface area contributed by atoms with Crippen molar-refractivity contribution < 1.29 is 23.9 Å². The van der Waals surface area contributed by atoms with Gasteiger partial charge in [-0.1, -0.05) is 48.0 Å². The van der Waals surface area contributed by atoms with Crippen molar-refractivity contribution >= 4 is 19.9 Å².